The molecule has 0 amide bonds. The molecule has 0 aliphatic rings. The van der Waals surface area contributed by atoms with Crippen LogP contribution in [0.3, 0.4) is 0 Å². The lowest BCUT2D eigenvalue weighted by molar-refractivity contribution is 0.296. The van der Waals surface area contributed by atoms with Crippen molar-refractivity contribution in [2.45, 2.75) is 73.6 Å². The van der Waals surface area contributed by atoms with E-state index in [9.17, 15) is 10.2 Å². The molecule has 0 unspecified atom stereocenters. The van der Waals surface area contributed by atoms with E-state index >= 15 is 0 Å². The van der Waals surface area contributed by atoms with Crippen LogP contribution < -0.4 is 0 Å². The van der Waals surface area contributed by atoms with Gasteiger partial charge in [0.25, 0.3) is 0 Å². The van der Waals surface area contributed by atoms with Crippen molar-refractivity contribution in [2.24, 2.45) is 0 Å². The highest BCUT2D eigenvalue weighted by Gasteiger charge is 2.21. The van der Waals surface area contributed by atoms with Gasteiger partial charge in [-0.3, -0.25) is 0 Å². The van der Waals surface area contributed by atoms with Crippen LogP contribution >= 0.6 is 0 Å². The van der Waals surface area contributed by atoms with E-state index < -0.39 is 0 Å². The van der Waals surface area contributed by atoms with E-state index in [1.807, 2.05) is 27.7 Å². The Kier molecular flexibility index (Phi) is 12.6. The van der Waals surface area contributed by atoms with Crippen LogP contribution in [0.1, 0.15) is 70.7 Å². The Bertz CT molecular complexity index is 349. The van der Waals surface area contributed by atoms with Crippen molar-refractivity contribution in [1.82, 2.24) is 0 Å². The Labute approximate surface area is 132 Å². The van der Waals surface area contributed by atoms with Gasteiger partial charge in [-0.1, -0.05) is 66.2 Å². The first-order valence-electron chi connectivity index (χ1n) is 8.24. The average molecular weight is 296 g/mol. The molecule has 2 N–H and O–H groups in total. The van der Waals surface area contributed by atoms with Crippen LogP contribution in [0.2, 0.25) is 0 Å². The summed E-state index contributed by atoms with van der Waals surface area (Å²) >= 11 is 0. The Morgan fingerprint density at radius 1 is 0.810 bits per heavy atom. The normalized spacial score (nSPS) is 10.2. The van der Waals surface area contributed by atoms with Crippen molar-refractivity contribution in [3.63, 3.8) is 0 Å². The van der Waals surface area contributed by atoms with E-state index in [1.165, 1.54) is 22.3 Å². The van der Waals surface area contributed by atoms with Crippen molar-refractivity contribution in [2.75, 3.05) is 13.2 Å². The SMILES string of the molecule is CC.CC.Cc1cc(CCO)c(C(C)(C)C)c(CCO)c1. The van der Waals surface area contributed by atoms with Gasteiger partial charge in [0, 0.05) is 13.2 Å². The van der Waals surface area contributed by atoms with Gasteiger partial charge in [-0.05, 0) is 41.9 Å². The van der Waals surface area contributed by atoms with Gasteiger partial charge in [0.15, 0.2) is 0 Å². The minimum Gasteiger partial charge on any atom is -0.396 e. The summed E-state index contributed by atoms with van der Waals surface area (Å²) in [4.78, 5) is 0. The zero-order valence-corrected chi connectivity index (χ0v) is 15.4. The molecule has 2 nitrogen and oxygen atoms in total. The lowest BCUT2D eigenvalue weighted by Gasteiger charge is -2.27. The quantitative estimate of drug-likeness (QED) is 0.863. The number of aryl methyl sites for hydroxylation is 1. The zero-order valence-electron chi connectivity index (χ0n) is 15.4. The molecule has 1 aromatic rings. The minimum atomic E-state index is 0.0444. The third-order valence-corrected chi connectivity index (χ3v) is 2.96. The number of rotatable bonds is 4. The smallest absolute Gasteiger partial charge is 0.0471 e. The highest BCUT2D eigenvalue weighted by atomic mass is 16.3. The van der Waals surface area contributed by atoms with Crippen LogP contribution in [0.4, 0.5) is 0 Å². The van der Waals surface area contributed by atoms with Gasteiger partial charge >= 0.3 is 0 Å². The lowest BCUT2D eigenvalue weighted by atomic mass is 9.78. The zero-order chi connectivity index (χ0) is 17.1. The summed E-state index contributed by atoms with van der Waals surface area (Å²) in [7, 11) is 0. The summed E-state index contributed by atoms with van der Waals surface area (Å²) in [5, 5.41) is 18.3. The fraction of sp³-hybridized carbons (Fsp3) is 0.684. The van der Waals surface area contributed by atoms with Gasteiger partial charge in [-0.15, -0.1) is 0 Å². The van der Waals surface area contributed by atoms with Gasteiger partial charge in [0.05, 0.1) is 0 Å². The molecule has 0 aliphatic heterocycles. The second kappa shape index (κ2) is 11.8. The molecular formula is C19H36O2. The molecular weight excluding hydrogens is 260 g/mol. The van der Waals surface area contributed by atoms with Crippen LogP contribution in [-0.2, 0) is 18.3 Å². The summed E-state index contributed by atoms with van der Waals surface area (Å²) in [5.41, 5.74) is 4.95. The highest BCUT2D eigenvalue weighted by Crippen LogP contribution is 2.31. The fourth-order valence-corrected chi connectivity index (χ4v) is 2.54. The van der Waals surface area contributed by atoms with Gasteiger partial charge < -0.3 is 10.2 Å². The molecule has 0 saturated carbocycles. The van der Waals surface area contributed by atoms with E-state index in [0.29, 0.717) is 12.8 Å². The monoisotopic (exact) mass is 296 g/mol. The van der Waals surface area contributed by atoms with Crippen molar-refractivity contribution >= 4 is 0 Å². The topological polar surface area (TPSA) is 40.5 Å². The van der Waals surface area contributed by atoms with Gasteiger partial charge in [-0.25, -0.2) is 0 Å². The van der Waals surface area contributed by atoms with E-state index in [2.05, 4.69) is 39.8 Å². The standard InChI is InChI=1S/C15H24O2.2C2H6/c1-11-9-12(5-7-16)14(15(2,3)4)13(10-11)6-8-17;2*1-2/h9-10,16-17H,5-8H2,1-4H3;2*1-2H3. The molecule has 0 aromatic heterocycles. The first-order chi connectivity index (χ1) is 9.90. The Morgan fingerprint density at radius 2 is 1.14 bits per heavy atom. The van der Waals surface area contributed by atoms with Crippen LogP contribution in [0.25, 0.3) is 0 Å². The van der Waals surface area contributed by atoms with E-state index in [1.54, 1.807) is 0 Å². The van der Waals surface area contributed by atoms with E-state index in [-0.39, 0.29) is 18.6 Å². The fourth-order valence-electron chi connectivity index (χ4n) is 2.54. The van der Waals surface area contributed by atoms with Crippen molar-refractivity contribution in [3.8, 4) is 0 Å². The van der Waals surface area contributed by atoms with Crippen LogP contribution in [0.5, 0.6) is 0 Å². The van der Waals surface area contributed by atoms with Crippen molar-refractivity contribution < 1.29 is 10.2 Å². The lowest BCUT2D eigenvalue weighted by Crippen LogP contribution is -2.19. The number of benzene rings is 1. The second-order valence-corrected chi connectivity index (χ2v) is 5.66. The number of hydrogen-bond donors (Lipinski definition) is 2. The maximum Gasteiger partial charge on any atom is 0.0471 e. The molecule has 0 atom stereocenters. The second-order valence-electron chi connectivity index (χ2n) is 5.66. The first kappa shape index (κ1) is 22.4. The molecule has 0 bridgehead atoms. The van der Waals surface area contributed by atoms with Gasteiger partial charge in [0.2, 0.25) is 0 Å². The Balaban J connectivity index is 0. The summed E-state index contributed by atoms with van der Waals surface area (Å²) in [6.07, 6.45) is 1.37. The maximum absolute atomic E-state index is 9.17. The molecule has 0 spiro atoms. The molecule has 0 heterocycles. The van der Waals surface area contributed by atoms with Gasteiger partial charge in [-0.2, -0.15) is 0 Å². The summed E-state index contributed by atoms with van der Waals surface area (Å²) in [6.45, 7) is 16.9. The molecule has 0 saturated heterocycles. The molecule has 1 rings (SSSR count). The largest absolute Gasteiger partial charge is 0.396 e. The Hall–Kier alpha value is -0.860. The molecule has 0 fully saturated rings. The third-order valence-electron chi connectivity index (χ3n) is 2.96. The van der Waals surface area contributed by atoms with E-state index in [4.69, 9.17) is 0 Å². The Morgan fingerprint density at radius 3 is 1.38 bits per heavy atom. The summed E-state index contributed by atoms with van der Waals surface area (Å²) < 4.78 is 0. The van der Waals surface area contributed by atoms with Crippen molar-refractivity contribution in [1.29, 1.82) is 0 Å². The highest BCUT2D eigenvalue weighted by molar-refractivity contribution is 5.43. The van der Waals surface area contributed by atoms with Crippen LogP contribution in [0.15, 0.2) is 12.1 Å². The predicted molar refractivity (Wildman–Crippen MR) is 94.2 cm³/mol. The van der Waals surface area contributed by atoms with Crippen LogP contribution in [0, 0.1) is 6.92 Å². The molecule has 0 radical (unpaired) electrons. The molecule has 124 valence electrons. The summed E-state index contributed by atoms with van der Waals surface area (Å²) in [5.74, 6) is 0. The number of aliphatic hydroxyl groups is 2. The first-order valence-corrected chi connectivity index (χ1v) is 8.24. The molecule has 2 heteroatoms. The average Bonchev–Trinajstić information content (AvgIpc) is 2.42. The minimum absolute atomic E-state index is 0.0444. The van der Waals surface area contributed by atoms with Crippen molar-refractivity contribution in [3.05, 3.63) is 34.4 Å². The summed E-state index contributed by atoms with van der Waals surface area (Å²) in [6, 6.07) is 4.30. The third kappa shape index (κ3) is 7.63. The van der Waals surface area contributed by atoms with Crippen LogP contribution in [-0.4, -0.2) is 23.4 Å². The molecule has 1 aromatic carbocycles. The number of aliphatic hydroxyl groups excluding tert-OH is 2. The predicted octanol–water partition coefficient (Wildman–Crippen LogP) is 4.41. The molecule has 21 heavy (non-hydrogen) atoms. The molecule has 0 aliphatic carbocycles. The van der Waals surface area contributed by atoms with Gasteiger partial charge in [0.1, 0.15) is 0 Å². The maximum atomic E-state index is 9.17. The number of hydrogen-bond acceptors (Lipinski definition) is 2. The van der Waals surface area contributed by atoms with E-state index in [0.717, 1.165) is 0 Å².